The summed E-state index contributed by atoms with van der Waals surface area (Å²) in [6.45, 7) is 19.5. The van der Waals surface area contributed by atoms with Crippen molar-refractivity contribution in [1.82, 2.24) is 24.8 Å². The van der Waals surface area contributed by atoms with Gasteiger partial charge in [-0.15, -0.1) is 5.10 Å². The molecule has 4 N–H and O–H groups in total. The average Bonchev–Trinajstić information content (AvgIpc) is 3.89. The topological polar surface area (TPSA) is 226 Å². The van der Waals surface area contributed by atoms with Crippen molar-refractivity contribution in [2.75, 3.05) is 67.0 Å². The summed E-state index contributed by atoms with van der Waals surface area (Å²) in [4.78, 5) is 19.4. The van der Waals surface area contributed by atoms with E-state index >= 15 is 0 Å². The number of aliphatic hydroxyl groups is 4. The van der Waals surface area contributed by atoms with E-state index in [1.165, 1.54) is 25.8 Å². The number of hydrogen-bond acceptors (Lipinski definition) is 18. The lowest BCUT2D eigenvalue weighted by Gasteiger charge is -2.48. The monoisotopic (exact) mass is 1130 g/mol. The number of carbonyl (C=O) groups is 1. The van der Waals surface area contributed by atoms with Gasteiger partial charge in [0, 0.05) is 94.6 Å². The lowest BCUT2D eigenvalue weighted by Crippen LogP contribution is -2.59. The number of esters is 1. The first-order chi connectivity index (χ1) is 36.8. The van der Waals surface area contributed by atoms with Gasteiger partial charge in [0.25, 0.3) is 0 Å². The Hall–Kier alpha value is -2.61. The van der Waals surface area contributed by atoms with Gasteiger partial charge in [0.05, 0.1) is 58.0 Å². The van der Waals surface area contributed by atoms with Crippen molar-refractivity contribution >= 4 is 16.8 Å². The minimum absolute atomic E-state index is 0.0303. The first-order valence-electron chi connectivity index (χ1n) is 28.4. The molecular weight excluding hydrogens is 1030 g/mol. The summed E-state index contributed by atoms with van der Waals surface area (Å²) in [5, 5.41) is 56.4. The fourth-order valence-corrected chi connectivity index (χ4v) is 13.9. The summed E-state index contributed by atoms with van der Waals surface area (Å²) in [6, 6.07) is 5.98. The fraction of sp³-hybridized carbons (Fsp3) is 0.842. The molecule has 6 rings (SSSR count). The summed E-state index contributed by atoms with van der Waals surface area (Å²) in [7, 11) is 5.78. The number of cyclic esters (lactones) is 1. The summed E-state index contributed by atoms with van der Waals surface area (Å²) in [5.74, 6) is -1.65. The Morgan fingerprint density at radius 3 is 2.26 bits per heavy atom. The molecule has 78 heavy (non-hydrogen) atoms. The van der Waals surface area contributed by atoms with Gasteiger partial charge in [0.2, 0.25) is 0 Å². The first kappa shape index (κ1) is 64.6. The van der Waals surface area contributed by atoms with Crippen LogP contribution in [0.3, 0.4) is 0 Å². The van der Waals surface area contributed by atoms with E-state index in [2.05, 4.69) is 15.2 Å². The lowest BCUT2D eigenvalue weighted by atomic mass is 9.77. The molecule has 0 amide bonds. The van der Waals surface area contributed by atoms with E-state index in [0.717, 1.165) is 23.3 Å². The minimum Gasteiger partial charge on any atom is -0.459 e. The van der Waals surface area contributed by atoms with Gasteiger partial charge < -0.3 is 68.1 Å². The normalized spacial score (nSPS) is 38.7. The number of rotatable bonds is 18. The van der Waals surface area contributed by atoms with Gasteiger partial charge in [0.15, 0.2) is 12.6 Å². The molecule has 20 atom stereocenters. The lowest BCUT2D eigenvalue weighted by molar-refractivity contribution is -0.308. The van der Waals surface area contributed by atoms with E-state index in [0.29, 0.717) is 62.9 Å². The molecule has 1 aromatic carbocycles. The van der Waals surface area contributed by atoms with Crippen LogP contribution < -0.4 is 0 Å². The largest absolute Gasteiger partial charge is 0.459 e. The summed E-state index contributed by atoms with van der Waals surface area (Å²) >= 11 is 0. The number of halogens is 1. The minimum atomic E-state index is -1.83. The third-order valence-electron chi connectivity index (χ3n) is 17.6. The molecule has 2 aromatic rings. The number of carbonyl (C=O) groups excluding carboxylic acids is 1. The Morgan fingerprint density at radius 1 is 0.949 bits per heavy atom. The highest BCUT2D eigenvalue weighted by atomic mass is 32.2. The van der Waals surface area contributed by atoms with E-state index in [4.69, 9.17) is 37.9 Å². The first-order valence-corrected chi connectivity index (χ1v) is 29.7. The number of likely N-dealkylation sites (N-methyl/N-ethyl adjacent to an activating group) is 2. The van der Waals surface area contributed by atoms with Crippen LogP contribution in [0.4, 0.5) is 4.39 Å². The maximum Gasteiger partial charge on any atom is 0.311 e. The number of hydrogen-bond donors (Lipinski definition) is 4. The van der Waals surface area contributed by atoms with E-state index in [1.807, 2.05) is 71.0 Å². The standard InChI is InChI=1S/C57H96FN5O14S/c1-15-46-57(10,68)51(64)38(6)62(12)31-34(2)28-55(8,67)53(36(4)49(37(5)54(66)75-46)76-48-29-56(9,71-14)52(65)39(7)74-48)77-47-27-43(26-35(3)73-47)61(11)23-20-42-32-63(60-59-42)45(30-58)50(70-13)41-16-18-44(19-17-41)78(69)33-40-21-24-72-25-22-40/h16-19,32,34-40,43,45-53,64-65,67-68H,15,20-31,33H2,1-14H3/t34-,35-,36+,37-,38-,39+,43+,45-,46-,47+,48+,49+,50-,51-,52+,53-,55-,56-,57-,78?/m1/s1. The van der Waals surface area contributed by atoms with Gasteiger partial charge in [-0.3, -0.25) is 9.00 Å². The predicted molar refractivity (Wildman–Crippen MR) is 291 cm³/mol. The summed E-state index contributed by atoms with van der Waals surface area (Å²) < 4.78 is 79.8. The molecule has 4 aliphatic heterocycles. The van der Waals surface area contributed by atoms with E-state index in [1.54, 1.807) is 40.8 Å². The van der Waals surface area contributed by atoms with Crippen molar-refractivity contribution in [2.24, 2.45) is 23.7 Å². The van der Waals surface area contributed by atoms with E-state index in [9.17, 15) is 33.8 Å². The molecule has 0 radical (unpaired) electrons. The Labute approximate surface area is 465 Å². The van der Waals surface area contributed by atoms with Crippen molar-refractivity contribution in [1.29, 1.82) is 0 Å². The molecule has 0 saturated carbocycles. The van der Waals surface area contributed by atoms with Crippen LogP contribution in [-0.2, 0) is 59.9 Å². The second kappa shape index (κ2) is 28.1. The predicted octanol–water partition coefficient (Wildman–Crippen LogP) is 5.57. The van der Waals surface area contributed by atoms with E-state index in [-0.39, 0.29) is 37.3 Å². The van der Waals surface area contributed by atoms with Gasteiger partial charge >= 0.3 is 5.97 Å². The molecule has 0 spiro atoms. The molecule has 4 aliphatic rings. The number of ether oxygens (including phenoxy) is 8. The SMILES string of the molecule is CC[C@H]1OC(=O)[C@H](C)[C@@H](O[C@H]2C[C@@](C)(OC)[C@@H](O)[C@H](C)O2)[C@H](C)[C@@H](O[C@H]2C[C@@H](N(C)CCc3cn([C@H](CF)[C@H](OC)c4ccc(S(=O)CC5CCOCC5)cc4)nn3)C[C@@H](C)O2)[C@](C)(O)C[C@@H](C)CN(C)[C@H](C)[C@@H](O)[C@]1(C)O. The Bertz CT molecular complexity index is 2190. The molecular formula is C57H96FN5O14S. The van der Waals surface area contributed by atoms with Gasteiger partial charge in [-0.25, -0.2) is 9.07 Å². The van der Waals surface area contributed by atoms with Gasteiger partial charge in [-0.05, 0) is 124 Å². The van der Waals surface area contributed by atoms with E-state index < -0.39 is 119 Å². The highest BCUT2D eigenvalue weighted by molar-refractivity contribution is 7.85. The molecule has 446 valence electrons. The number of benzene rings is 1. The second-order valence-electron chi connectivity index (χ2n) is 24.0. The molecule has 4 fully saturated rings. The van der Waals surface area contributed by atoms with Crippen LogP contribution in [0.1, 0.15) is 138 Å². The fourth-order valence-electron chi connectivity index (χ4n) is 12.5. The number of alkyl halides is 1. The Balaban J connectivity index is 1.21. The zero-order valence-corrected chi connectivity index (χ0v) is 49.8. The van der Waals surface area contributed by atoms with Crippen molar-refractivity contribution in [2.45, 2.75) is 222 Å². The maximum atomic E-state index is 15.0. The summed E-state index contributed by atoms with van der Waals surface area (Å²) in [5.41, 5.74) is -3.01. The molecule has 1 aromatic heterocycles. The Kier molecular flexibility index (Phi) is 23.3. The highest BCUT2D eigenvalue weighted by Crippen LogP contribution is 2.41. The zero-order chi connectivity index (χ0) is 57.4. The quantitative estimate of drug-likeness (QED) is 0.134. The maximum absolute atomic E-state index is 15.0. The number of methoxy groups -OCH3 is 2. The van der Waals surface area contributed by atoms with Crippen LogP contribution in [0.2, 0.25) is 0 Å². The number of nitrogens with zero attached hydrogens (tertiary/aromatic N) is 5. The van der Waals surface area contributed by atoms with Crippen molar-refractivity contribution < 1.29 is 71.7 Å². The van der Waals surface area contributed by atoms with Crippen LogP contribution >= 0.6 is 0 Å². The number of aromatic nitrogens is 3. The van der Waals surface area contributed by atoms with Crippen LogP contribution in [0.25, 0.3) is 0 Å². The van der Waals surface area contributed by atoms with Crippen molar-refractivity contribution in [3.8, 4) is 0 Å². The van der Waals surface area contributed by atoms with Gasteiger partial charge in [0.1, 0.15) is 42.7 Å². The molecule has 21 heteroatoms. The van der Waals surface area contributed by atoms with Crippen molar-refractivity contribution in [3.63, 3.8) is 0 Å². The van der Waals surface area contributed by atoms with Crippen molar-refractivity contribution in [3.05, 3.63) is 41.7 Å². The zero-order valence-electron chi connectivity index (χ0n) is 49.0. The smallest absolute Gasteiger partial charge is 0.311 e. The van der Waals surface area contributed by atoms with Crippen LogP contribution in [-0.4, -0.2) is 207 Å². The van der Waals surface area contributed by atoms with Gasteiger partial charge in [-0.1, -0.05) is 38.1 Å². The Morgan fingerprint density at radius 2 is 1.63 bits per heavy atom. The van der Waals surface area contributed by atoms with Crippen LogP contribution in [0.15, 0.2) is 35.4 Å². The molecule has 0 aliphatic carbocycles. The molecule has 5 heterocycles. The third kappa shape index (κ3) is 15.7. The molecule has 1 unspecified atom stereocenters. The van der Waals surface area contributed by atoms with Crippen LogP contribution in [0.5, 0.6) is 0 Å². The molecule has 19 nitrogen and oxygen atoms in total. The molecule has 0 bridgehead atoms. The second-order valence-corrected chi connectivity index (χ2v) is 25.5. The summed E-state index contributed by atoms with van der Waals surface area (Å²) in [6.07, 6.45) is -2.96. The number of aliphatic hydroxyl groups excluding tert-OH is 2. The molecule has 4 saturated heterocycles. The third-order valence-corrected chi connectivity index (χ3v) is 19.2. The average molecular weight is 1130 g/mol. The van der Waals surface area contributed by atoms with Crippen LogP contribution in [0, 0.1) is 23.7 Å². The highest BCUT2D eigenvalue weighted by Gasteiger charge is 2.52. The van der Waals surface area contributed by atoms with Gasteiger partial charge in [-0.2, -0.15) is 0 Å².